The summed E-state index contributed by atoms with van der Waals surface area (Å²) in [6.45, 7) is 5.21. The van der Waals surface area contributed by atoms with Crippen LogP contribution in [0.2, 0.25) is 0 Å². The Kier molecular flexibility index (Phi) is 6.42. The molecule has 0 aromatic heterocycles. The fraction of sp³-hybridized carbons (Fsp3) is 0.333. The monoisotopic (exact) mass is 293 g/mol. The van der Waals surface area contributed by atoms with Gasteiger partial charge in [0.25, 0.3) is 0 Å². The maximum Gasteiger partial charge on any atom is -0.00169 e. The molecule has 0 saturated heterocycles. The average molecular weight is 293 g/mol. The van der Waals surface area contributed by atoms with Crippen LogP contribution in [0.1, 0.15) is 37.8 Å². The van der Waals surface area contributed by atoms with Crippen LogP contribution in [0.15, 0.2) is 65.8 Å². The third-order valence-corrected chi connectivity index (χ3v) is 4.05. The first-order chi connectivity index (χ1) is 10.8. The van der Waals surface area contributed by atoms with Crippen LogP contribution >= 0.6 is 0 Å². The summed E-state index contributed by atoms with van der Waals surface area (Å²) in [5.74, 6) is 0. The van der Waals surface area contributed by atoms with E-state index in [-0.39, 0.29) is 0 Å². The quantitative estimate of drug-likeness (QED) is 0.747. The predicted molar refractivity (Wildman–Crippen MR) is 97.9 cm³/mol. The fourth-order valence-corrected chi connectivity index (χ4v) is 3.04. The largest absolute Gasteiger partial charge is 0.319 e. The van der Waals surface area contributed by atoms with Gasteiger partial charge >= 0.3 is 0 Å². The number of aryl methyl sites for hydroxylation is 1. The lowest BCUT2D eigenvalue weighted by molar-refractivity contribution is 0.808. The van der Waals surface area contributed by atoms with Gasteiger partial charge in [0.1, 0.15) is 0 Å². The van der Waals surface area contributed by atoms with Gasteiger partial charge in [0.2, 0.25) is 0 Å². The standard InChI is InChI=1S/C21H27N/c1-4-9-17-14-15-18-11-6-7-12-20(18)21(13-8-16-22-3)19(17)10-5-2/h4-7,9-13,22H,8,14-16H2,1-3H3/b9-4-,10-5-,21-13-. The van der Waals surface area contributed by atoms with Gasteiger partial charge in [-0.25, -0.2) is 0 Å². The van der Waals surface area contributed by atoms with Crippen LogP contribution in [0.4, 0.5) is 0 Å². The molecule has 0 amide bonds. The fourth-order valence-electron chi connectivity index (χ4n) is 3.04. The number of benzene rings is 1. The lowest BCUT2D eigenvalue weighted by Crippen LogP contribution is -2.06. The van der Waals surface area contributed by atoms with Crippen molar-refractivity contribution >= 4 is 5.57 Å². The van der Waals surface area contributed by atoms with Crippen molar-refractivity contribution in [3.8, 4) is 0 Å². The van der Waals surface area contributed by atoms with Gasteiger partial charge in [0.05, 0.1) is 0 Å². The molecule has 0 spiro atoms. The minimum atomic E-state index is 1.01. The van der Waals surface area contributed by atoms with E-state index in [1.54, 1.807) is 0 Å². The molecule has 1 aliphatic rings. The molecule has 116 valence electrons. The number of allylic oxidation sites excluding steroid dienone is 7. The normalized spacial score (nSPS) is 17.5. The van der Waals surface area contributed by atoms with Crippen LogP contribution in [0.3, 0.4) is 0 Å². The Hall–Kier alpha value is -1.86. The average Bonchev–Trinajstić information content (AvgIpc) is 2.68. The highest BCUT2D eigenvalue weighted by atomic mass is 14.8. The zero-order valence-electron chi connectivity index (χ0n) is 14.0. The zero-order chi connectivity index (χ0) is 15.8. The molecule has 0 atom stereocenters. The van der Waals surface area contributed by atoms with Crippen LogP contribution < -0.4 is 5.32 Å². The lowest BCUT2D eigenvalue weighted by atomic mass is 9.92. The summed E-state index contributed by atoms with van der Waals surface area (Å²) in [4.78, 5) is 0. The van der Waals surface area contributed by atoms with Gasteiger partial charge in [-0.2, -0.15) is 0 Å². The molecule has 0 bridgehead atoms. The number of hydrogen-bond acceptors (Lipinski definition) is 1. The van der Waals surface area contributed by atoms with Gasteiger partial charge in [-0.1, -0.05) is 54.6 Å². The van der Waals surface area contributed by atoms with Gasteiger partial charge in [-0.3, -0.25) is 0 Å². The third-order valence-electron chi connectivity index (χ3n) is 4.05. The van der Waals surface area contributed by atoms with E-state index in [1.165, 1.54) is 27.8 Å². The molecule has 1 heteroatoms. The summed E-state index contributed by atoms with van der Waals surface area (Å²) < 4.78 is 0. The van der Waals surface area contributed by atoms with E-state index in [4.69, 9.17) is 0 Å². The van der Waals surface area contributed by atoms with E-state index in [1.807, 2.05) is 7.05 Å². The Morgan fingerprint density at radius 3 is 2.55 bits per heavy atom. The summed E-state index contributed by atoms with van der Waals surface area (Å²) in [6.07, 6.45) is 14.5. The number of hydrogen-bond donors (Lipinski definition) is 1. The van der Waals surface area contributed by atoms with E-state index in [0.717, 1.165) is 25.8 Å². The summed E-state index contributed by atoms with van der Waals surface area (Å²) in [7, 11) is 2.01. The third kappa shape index (κ3) is 3.86. The first-order valence-corrected chi connectivity index (χ1v) is 8.23. The van der Waals surface area contributed by atoms with Gasteiger partial charge < -0.3 is 5.32 Å². The zero-order valence-corrected chi connectivity index (χ0v) is 14.0. The Bertz CT molecular complexity index is 615. The van der Waals surface area contributed by atoms with Crippen molar-refractivity contribution < 1.29 is 0 Å². The summed E-state index contributed by atoms with van der Waals surface area (Å²) in [5, 5.41) is 3.24. The summed E-state index contributed by atoms with van der Waals surface area (Å²) in [5.41, 5.74) is 7.05. The molecule has 1 aromatic carbocycles. The van der Waals surface area contributed by atoms with Gasteiger partial charge in [0.15, 0.2) is 0 Å². The highest BCUT2D eigenvalue weighted by molar-refractivity contribution is 5.85. The molecule has 0 heterocycles. The Morgan fingerprint density at radius 2 is 1.82 bits per heavy atom. The minimum Gasteiger partial charge on any atom is -0.319 e. The first kappa shape index (κ1) is 16.5. The second-order valence-electron chi connectivity index (χ2n) is 5.61. The van der Waals surface area contributed by atoms with E-state index < -0.39 is 0 Å². The first-order valence-electron chi connectivity index (χ1n) is 8.23. The lowest BCUT2D eigenvalue weighted by Gasteiger charge is -2.13. The molecule has 0 unspecified atom stereocenters. The molecular formula is C21H27N. The van der Waals surface area contributed by atoms with Crippen LogP contribution in [-0.4, -0.2) is 13.6 Å². The molecule has 0 fully saturated rings. The van der Waals surface area contributed by atoms with E-state index >= 15 is 0 Å². The summed E-state index contributed by atoms with van der Waals surface area (Å²) in [6, 6.07) is 8.84. The second kappa shape index (κ2) is 8.55. The topological polar surface area (TPSA) is 12.0 Å². The predicted octanol–water partition coefficient (Wildman–Crippen LogP) is 5.07. The van der Waals surface area contributed by atoms with Crippen molar-refractivity contribution in [3.63, 3.8) is 0 Å². The van der Waals surface area contributed by atoms with Crippen LogP contribution in [0.25, 0.3) is 5.57 Å². The molecule has 1 nitrogen and oxygen atoms in total. The Labute approximate surface area is 135 Å². The number of fused-ring (bicyclic) bond motifs is 1. The van der Waals surface area contributed by atoms with Gasteiger partial charge in [-0.15, -0.1) is 0 Å². The van der Waals surface area contributed by atoms with Crippen LogP contribution in [0, 0.1) is 0 Å². The molecule has 0 saturated carbocycles. The van der Waals surface area contributed by atoms with Crippen molar-refractivity contribution in [2.75, 3.05) is 13.6 Å². The van der Waals surface area contributed by atoms with Crippen molar-refractivity contribution in [2.24, 2.45) is 0 Å². The molecule has 0 aliphatic heterocycles. The minimum absolute atomic E-state index is 1.01. The van der Waals surface area contributed by atoms with Gasteiger partial charge in [0, 0.05) is 0 Å². The molecular weight excluding hydrogens is 266 g/mol. The summed E-state index contributed by atoms with van der Waals surface area (Å²) >= 11 is 0. The SMILES string of the molecule is C/C=C\C1=C(/C=C\C)C(=C/CCNC)/c2ccccc2CC1. The van der Waals surface area contributed by atoms with E-state index in [2.05, 4.69) is 73.8 Å². The molecule has 1 N–H and O–H groups in total. The van der Waals surface area contributed by atoms with Crippen molar-refractivity contribution in [1.82, 2.24) is 5.32 Å². The molecule has 1 aromatic rings. The maximum absolute atomic E-state index is 3.24. The smallest absolute Gasteiger partial charge is 0.00169 e. The van der Waals surface area contributed by atoms with Crippen LogP contribution in [-0.2, 0) is 6.42 Å². The Morgan fingerprint density at radius 1 is 1.05 bits per heavy atom. The Balaban J connectivity index is 2.58. The van der Waals surface area contributed by atoms with E-state index in [9.17, 15) is 0 Å². The highest BCUT2D eigenvalue weighted by Crippen LogP contribution is 2.35. The molecule has 2 rings (SSSR count). The van der Waals surface area contributed by atoms with Gasteiger partial charge in [-0.05, 0) is 74.5 Å². The van der Waals surface area contributed by atoms with Crippen molar-refractivity contribution in [1.29, 1.82) is 0 Å². The molecule has 1 aliphatic carbocycles. The second-order valence-corrected chi connectivity index (χ2v) is 5.61. The van der Waals surface area contributed by atoms with E-state index in [0.29, 0.717) is 0 Å². The maximum atomic E-state index is 3.24. The molecule has 0 radical (unpaired) electrons. The number of nitrogens with one attached hydrogen (secondary N) is 1. The molecule has 22 heavy (non-hydrogen) atoms. The highest BCUT2D eigenvalue weighted by Gasteiger charge is 2.17. The van der Waals surface area contributed by atoms with Crippen molar-refractivity contribution in [2.45, 2.75) is 33.1 Å². The number of rotatable bonds is 5. The van der Waals surface area contributed by atoms with Crippen LogP contribution in [0.5, 0.6) is 0 Å². The van der Waals surface area contributed by atoms with Crippen molar-refractivity contribution in [3.05, 3.63) is 76.9 Å².